The van der Waals surface area contributed by atoms with Gasteiger partial charge in [-0.05, 0) is 51.4 Å². The van der Waals surface area contributed by atoms with Gasteiger partial charge in [0, 0.05) is 40.5 Å². The van der Waals surface area contributed by atoms with Gasteiger partial charge < -0.3 is 21.9 Å². The number of unbranched alkanes of at least 4 members (excludes halogenated alkanes) is 6. The summed E-state index contributed by atoms with van der Waals surface area (Å²) < 4.78 is 11.8. The van der Waals surface area contributed by atoms with E-state index in [1.165, 1.54) is 57.5 Å². The van der Waals surface area contributed by atoms with Crippen LogP contribution in [0.3, 0.4) is 0 Å². The van der Waals surface area contributed by atoms with Crippen LogP contribution in [0.2, 0.25) is 0 Å². The van der Waals surface area contributed by atoms with E-state index in [9.17, 15) is 0 Å². The van der Waals surface area contributed by atoms with Gasteiger partial charge in [-0.3, -0.25) is 0 Å². The van der Waals surface area contributed by atoms with Crippen LogP contribution >= 0.6 is 7.26 Å². The summed E-state index contributed by atoms with van der Waals surface area (Å²) >= 11 is 0. The highest BCUT2D eigenvalue weighted by molar-refractivity contribution is 7.73. The van der Waals surface area contributed by atoms with E-state index >= 15 is 0 Å². The fraction of sp³-hybridized carbons (Fsp3) is 0.909. The largest absolute Gasteiger partial charge is 1.00 e. The molecule has 0 bridgehead atoms. The Balaban J connectivity index is 0. The van der Waals surface area contributed by atoms with Crippen molar-refractivity contribution in [1.82, 2.24) is 0 Å². The SMILES string of the molecule is CCCCOC(CCCCC/C=C\CCC[P+](C)(C)C)OCCCC.[Cl-]. The Bertz CT molecular complexity index is 293. The predicted molar refractivity (Wildman–Crippen MR) is 117 cm³/mol. The van der Waals surface area contributed by atoms with E-state index in [4.69, 9.17) is 9.47 Å². The second-order valence-electron chi connectivity index (χ2n) is 8.14. The van der Waals surface area contributed by atoms with Crippen LogP contribution in [0.25, 0.3) is 0 Å². The molecule has 0 aromatic heterocycles. The summed E-state index contributed by atoms with van der Waals surface area (Å²) in [6.45, 7) is 13.4. The lowest BCUT2D eigenvalue weighted by molar-refractivity contribution is -0.147. The quantitative estimate of drug-likeness (QED) is 0.147. The molecule has 2 nitrogen and oxygen atoms in total. The van der Waals surface area contributed by atoms with Gasteiger partial charge in [0.05, 0.1) is 6.16 Å². The average molecular weight is 409 g/mol. The van der Waals surface area contributed by atoms with Crippen LogP contribution < -0.4 is 12.4 Å². The second-order valence-corrected chi connectivity index (χ2v) is 13.2. The van der Waals surface area contributed by atoms with Gasteiger partial charge in [0.25, 0.3) is 0 Å². The Morgan fingerprint density at radius 3 is 1.77 bits per heavy atom. The van der Waals surface area contributed by atoms with Crippen LogP contribution in [-0.4, -0.2) is 45.7 Å². The van der Waals surface area contributed by atoms with Gasteiger partial charge >= 0.3 is 0 Å². The maximum atomic E-state index is 5.89. The molecule has 26 heavy (non-hydrogen) atoms. The fourth-order valence-electron chi connectivity index (χ4n) is 2.60. The van der Waals surface area contributed by atoms with E-state index in [1.807, 2.05) is 0 Å². The fourth-order valence-corrected chi connectivity index (χ4v) is 3.73. The lowest BCUT2D eigenvalue weighted by Crippen LogP contribution is -3.00. The van der Waals surface area contributed by atoms with Crippen molar-refractivity contribution < 1.29 is 21.9 Å². The highest BCUT2D eigenvalue weighted by Gasteiger charge is 2.14. The smallest absolute Gasteiger partial charge is 0.157 e. The topological polar surface area (TPSA) is 18.5 Å². The van der Waals surface area contributed by atoms with Gasteiger partial charge in [0.1, 0.15) is 0 Å². The van der Waals surface area contributed by atoms with Crippen LogP contribution in [-0.2, 0) is 9.47 Å². The molecule has 0 radical (unpaired) electrons. The summed E-state index contributed by atoms with van der Waals surface area (Å²) in [7, 11) is -0.574. The van der Waals surface area contributed by atoms with Crippen LogP contribution in [0.4, 0.5) is 0 Å². The first-order chi connectivity index (χ1) is 12.0. The van der Waals surface area contributed by atoms with Crippen molar-refractivity contribution in [2.24, 2.45) is 0 Å². The van der Waals surface area contributed by atoms with E-state index in [0.717, 1.165) is 32.5 Å². The number of hydrogen-bond donors (Lipinski definition) is 0. The first kappa shape index (κ1) is 28.6. The third kappa shape index (κ3) is 22.4. The van der Waals surface area contributed by atoms with Gasteiger partial charge in [0.2, 0.25) is 0 Å². The minimum absolute atomic E-state index is 0. The second kappa shape index (κ2) is 20.1. The molecule has 4 heteroatoms. The zero-order valence-corrected chi connectivity index (χ0v) is 19.9. The molecular weight excluding hydrogens is 363 g/mol. The molecule has 0 aliphatic rings. The molecule has 0 N–H and O–H groups in total. The summed E-state index contributed by atoms with van der Waals surface area (Å²) in [5.74, 6) is 0. The van der Waals surface area contributed by atoms with Gasteiger partial charge in [-0.1, -0.05) is 45.3 Å². The normalized spacial score (nSPS) is 12.1. The molecule has 0 atom stereocenters. The molecule has 0 heterocycles. The molecule has 0 spiro atoms. The Morgan fingerprint density at radius 1 is 0.731 bits per heavy atom. The first-order valence-corrected chi connectivity index (χ1v) is 14.0. The predicted octanol–water partition coefficient (Wildman–Crippen LogP) is 4.14. The van der Waals surface area contributed by atoms with E-state index in [1.54, 1.807) is 0 Å². The van der Waals surface area contributed by atoms with Crippen LogP contribution in [0.1, 0.15) is 84.5 Å². The Hall–Kier alpha value is 0.380. The Kier molecular flexibility index (Phi) is 22.1. The summed E-state index contributed by atoms with van der Waals surface area (Å²) in [5, 5.41) is 0. The molecule has 0 saturated carbocycles. The van der Waals surface area contributed by atoms with Crippen molar-refractivity contribution in [3.05, 3.63) is 12.2 Å². The zero-order valence-electron chi connectivity index (χ0n) is 18.3. The van der Waals surface area contributed by atoms with Crippen molar-refractivity contribution in [1.29, 1.82) is 0 Å². The van der Waals surface area contributed by atoms with Crippen molar-refractivity contribution in [3.8, 4) is 0 Å². The number of rotatable bonds is 18. The Labute approximate surface area is 171 Å². The standard InChI is InChI=1S/C22H46O2P.ClH/c1-6-8-19-23-22(24-20-9-7-2)18-16-14-12-10-11-13-15-17-21-25(3,4)5;/h11,13,22H,6-10,12,14-21H2,1-5H3;1H/q+1;/p-1/b13-11-;. The maximum Gasteiger partial charge on any atom is 0.157 e. The molecule has 0 aliphatic carbocycles. The number of halogens is 1. The maximum absolute atomic E-state index is 5.89. The Morgan fingerprint density at radius 2 is 1.27 bits per heavy atom. The molecule has 0 saturated heterocycles. The third-order valence-electron chi connectivity index (χ3n) is 4.28. The van der Waals surface area contributed by atoms with E-state index in [0.29, 0.717) is 0 Å². The van der Waals surface area contributed by atoms with Crippen LogP contribution in [0, 0.1) is 0 Å². The summed E-state index contributed by atoms with van der Waals surface area (Å²) in [6.07, 6.45) is 19.5. The minimum atomic E-state index is -0.574. The summed E-state index contributed by atoms with van der Waals surface area (Å²) in [4.78, 5) is 0. The third-order valence-corrected chi connectivity index (χ3v) is 5.94. The lowest BCUT2D eigenvalue weighted by atomic mass is 10.1. The van der Waals surface area contributed by atoms with Crippen molar-refractivity contribution in [3.63, 3.8) is 0 Å². The number of hydrogen-bond acceptors (Lipinski definition) is 2. The van der Waals surface area contributed by atoms with Crippen LogP contribution in [0.5, 0.6) is 0 Å². The molecule has 0 unspecified atom stereocenters. The van der Waals surface area contributed by atoms with Gasteiger partial charge in [-0.25, -0.2) is 0 Å². The minimum Gasteiger partial charge on any atom is -1.00 e. The van der Waals surface area contributed by atoms with E-state index in [-0.39, 0.29) is 18.7 Å². The highest BCUT2D eigenvalue weighted by Crippen LogP contribution is 2.47. The van der Waals surface area contributed by atoms with Gasteiger partial charge in [-0.15, -0.1) is 0 Å². The van der Waals surface area contributed by atoms with Gasteiger partial charge in [-0.2, -0.15) is 0 Å². The molecule has 0 aliphatic heterocycles. The summed E-state index contributed by atoms with van der Waals surface area (Å²) in [5.41, 5.74) is 0. The molecule has 0 rings (SSSR count). The average Bonchev–Trinajstić information content (AvgIpc) is 2.55. The van der Waals surface area contributed by atoms with Crippen molar-refractivity contribution in [2.45, 2.75) is 90.8 Å². The van der Waals surface area contributed by atoms with E-state index in [2.05, 4.69) is 46.0 Å². The number of ether oxygens (including phenoxy) is 2. The lowest BCUT2D eigenvalue weighted by Gasteiger charge is -2.18. The van der Waals surface area contributed by atoms with Gasteiger partial charge in [0.15, 0.2) is 6.29 Å². The monoisotopic (exact) mass is 408 g/mol. The summed E-state index contributed by atoms with van der Waals surface area (Å²) in [6, 6.07) is 0. The molecule has 0 amide bonds. The van der Waals surface area contributed by atoms with E-state index < -0.39 is 7.26 Å². The van der Waals surface area contributed by atoms with Crippen molar-refractivity contribution >= 4 is 7.26 Å². The molecule has 0 fully saturated rings. The number of allylic oxidation sites excluding steroid dienone is 2. The molecular formula is C22H46ClO2P. The van der Waals surface area contributed by atoms with Crippen molar-refractivity contribution in [2.75, 3.05) is 39.4 Å². The highest BCUT2D eigenvalue weighted by atomic mass is 35.5. The first-order valence-electron chi connectivity index (χ1n) is 10.7. The molecule has 158 valence electrons. The zero-order chi connectivity index (χ0) is 18.8. The molecule has 0 aromatic rings. The molecule has 0 aromatic carbocycles. The van der Waals surface area contributed by atoms with Crippen LogP contribution in [0.15, 0.2) is 12.2 Å².